The van der Waals surface area contributed by atoms with E-state index in [1.54, 1.807) is 6.20 Å². The van der Waals surface area contributed by atoms with E-state index in [0.717, 1.165) is 48.0 Å². The molecule has 4 aromatic rings. The summed E-state index contributed by atoms with van der Waals surface area (Å²) in [5.74, 6) is -1.27. The fourth-order valence-electron chi connectivity index (χ4n) is 7.22. The van der Waals surface area contributed by atoms with Gasteiger partial charge in [0.05, 0.1) is 36.7 Å². The first kappa shape index (κ1) is 30.5. The summed E-state index contributed by atoms with van der Waals surface area (Å²) in [5.41, 5.74) is 2.18. The maximum atomic E-state index is 13.7. The quantitative estimate of drug-likeness (QED) is 0.278. The van der Waals surface area contributed by atoms with E-state index in [2.05, 4.69) is 41.0 Å². The van der Waals surface area contributed by atoms with Crippen molar-refractivity contribution in [1.82, 2.24) is 44.5 Å². The first-order chi connectivity index (χ1) is 22.2. The van der Waals surface area contributed by atoms with Gasteiger partial charge in [-0.2, -0.15) is 28.5 Å². The Hall–Kier alpha value is -4.13. The molecule has 0 unspecified atom stereocenters. The van der Waals surface area contributed by atoms with Crippen LogP contribution in [0, 0.1) is 11.3 Å². The molecule has 242 valence electrons. The molecule has 2 N–H and O–H groups in total. The average molecular weight is 637 g/mol. The smallest absolute Gasteiger partial charge is 0.451 e. The minimum atomic E-state index is -4.70. The molecule has 1 saturated carbocycles. The van der Waals surface area contributed by atoms with Crippen molar-refractivity contribution >= 4 is 11.0 Å². The van der Waals surface area contributed by atoms with E-state index >= 15 is 0 Å². The molecule has 15 heteroatoms. The van der Waals surface area contributed by atoms with Crippen LogP contribution in [0.5, 0.6) is 5.88 Å². The van der Waals surface area contributed by atoms with E-state index in [-0.39, 0.29) is 42.9 Å². The van der Waals surface area contributed by atoms with Crippen molar-refractivity contribution < 1.29 is 23.0 Å². The summed E-state index contributed by atoms with van der Waals surface area (Å²) < 4.78 is 49.0. The summed E-state index contributed by atoms with van der Waals surface area (Å²) in [5, 5.41) is 24.9. The fraction of sp³-hybridized carbons (Fsp3) is 0.548. The van der Waals surface area contributed by atoms with Gasteiger partial charge in [0.25, 0.3) is 0 Å². The molecule has 2 aliphatic heterocycles. The Bertz CT molecular complexity index is 1720. The number of nitrogens with zero attached hydrogens (tertiary/aromatic N) is 9. The topological polar surface area (TPSA) is 145 Å². The highest BCUT2D eigenvalue weighted by molar-refractivity contribution is 5.90. The molecule has 0 amide bonds. The van der Waals surface area contributed by atoms with Crippen LogP contribution >= 0.6 is 0 Å². The van der Waals surface area contributed by atoms with Crippen LogP contribution in [0.15, 0.2) is 37.1 Å². The summed E-state index contributed by atoms with van der Waals surface area (Å²) in [4.78, 5) is 23.6. The number of nitrogens with one attached hydrogen (secondary N) is 1. The van der Waals surface area contributed by atoms with E-state index in [9.17, 15) is 23.5 Å². The summed E-state index contributed by atoms with van der Waals surface area (Å²) in [7, 11) is 0. The zero-order chi connectivity index (χ0) is 31.9. The standard InChI is InChI=1S/C31H35F3N10O2/c32-31(33,34)29-40-21(15-42-11-1-2-23(42)16-45)12-26(41-29)46-24-5-3-22(4-6-24)43-17-30(18-43,8-9-35)44-14-20(13-39-44)27-25-7-10-36-28(25)38-19-37-27/h7,10,12-14,19,22-24,45H,1-6,8,11,15-18H2,(H,36,37,38)/t22-,23-,24+/m0/s1. The summed E-state index contributed by atoms with van der Waals surface area (Å²) in [6.45, 7) is 2.21. The summed E-state index contributed by atoms with van der Waals surface area (Å²) >= 11 is 0. The molecule has 12 nitrogen and oxygen atoms in total. The molecule has 46 heavy (non-hydrogen) atoms. The fourth-order valence-corrected chi connectivity index (χ4v) is 7.22. The Labute approximate surface area is 263 Å². The number of hydrogen-bond acceptors (Lipinski definition) is 10. The number of alkyl halides is 3. The van der Waals surface area contributed by atoms with Crippen LogP contribution in [0.4, 0.5) is 13.2 Å². The van der Waals surface area contributed by atoms with Crippen LogP contribution in [-0.4, -0.2) is 94.0 Å². The molecule has 4 aromatic heterocycles. The molecule has 3 aliphatic rings. The predicted molar refractivity (Wildman–Crippen MR) is 159 cm³/mol. The number of likely N-dealkylation sites (tertiary alicyclic amines) is 2. The molecular weight excluding hydrogens is 601 g/mol. The zero-order valence-corrected chi connectivity index (χ0v) is 25.2. The van der Waals surface area contributed by atoms with Gasteiger partial charge in [-0.25, -0.2) is 15.0 Å². The van der Waals surface area contributed by atoms with Crippen LogP contribution in [0.25, 0.3) is 22.3 Å². The van der Waals surface area contributed by atoms with Gasteiger partial charge < -0.3 is 14.8 Å². The highest BCUT2D eigenvalue weighted by atomic mass is 19.4. The maximum absolute atomic E-state index is 13.7. The predicted octanol–water partition coefficient (Wildman–Crippen LogP) is 3.90. The van der Waals surface area contributed by atoms with Crippen molar-refractivity contribution in [1.29, 1.82) is 5.26 Å². The number of aromatic amines is 1. The van der Waals surface area contributed by atoms with Crippen molar-refractivity contribution in [3.8, 4) is 23.2 Å². The number of rotatable bonds is 9. The SMILES string of the molecule is N#CCC1(n2cc(-c3ncnc4[nH]ccc34)cn2)CN([C@H]2CC[C@@H](Oc3cc(CN4CCC[C@H]4CO)nc(C(F)(F)F)n3)CC2)C1. The maximum Gasteiger partial charge on any atom is 0.451 e. The normalized spacial score (nSPS) is 23.8. The number of aromatic nitrogens is 7. The molecule has 6 heterocycles. The third-order valence-corrected chi connectivity index (χ3v) is 9.63. The van der Waals surface area contributed by atoms with Gasteiger partial charge in [0.2, 0.25) is 11.7 Å². The molecule has 3 fully saturated rings. The van der Waals surface area contributed by atoms with Crippen molar-refractivity contribution in [3.63, 3.8) is 0 Å². The second-order valence-electron chi connectivity index (χ2n) is 12.6. The molecule has 0 spiro atoms. The largest absolute Gasteiger partial charge is 0.474 e. The lowest BCUT2D eigenvalue weighted by Gasteiger charge is -2.53. The Morgan fingerprint density at radius 2 is 1.96 bits per heavy atom. The number of hydrogen-bond donors (Lipinski definition) is 2. The van der Waals surface area contributed by atoms with Crippen molar-refractivity contribution in [2.24, 2.45) is 0 Å². The molecule has 0 radical (unpaired) electrons. The van der Waals surface area contributed by atoms with Gasteiger partial charge >= 0.3 is 6.18 Å². The number of halogens is 3. The first-order valence-electron chi connectivity index (χ1n) is 15.7. The molecule has 7 rings (SSSR count). The van der Waals surface area contributed by atoms with Gasteiger partial charge in [-0.3, -0.25) is 14.5 Å². The van der Waals surface area contributed by atoms with Crippen molar-refractivity contribution in [2.75, 3.05) is 26.2 Å². The Morgan fingerprint density at radius 1 is 1.13 bits per heavy atom. The number of aliphatic hydroxyl groups excluding tert-OH is 1. The van der Waals surface area contributed by atoms with Gasteiger partial charge in [0, 0.05) is 61.1 Å². The molecule has 0 bridgehead atoms. The summed E-state index contributed by atoms with van der Waals surface area (Å²) in [6.07, 6.45) is 7.12. The molecule has 1 aliphatic carbocycles. The molecule has 1 atom stereocenters. The van der Waals surface area contributed by atoms with Crippen LogP contribution < -0.4 is 4.74 Å². The van der Waals surface area contributed by atoms with Crippen molar-refractivity contribution in [2.45, 2.75) is 81.4 Å². The second kappa shape index (κ2) is 12.2. The lowest BCUT2D eigenvalue weighted by molar-refractivity contribution is -0.145. The van der Waals surface area contributed by atoms with Crippen molar-refractivity contribution in [3.05, 3.63) is 48.6 Å². The Balaban J connectivity index is 0.984. The monoisotopic (exact) mass is 636 g/mol. The molecule has 0 aromatic carbocycles. The lowest BCUT2D eigenvalue weighted by atomic mass is 9.82. The van der Waals surface area contributed by atoms with Gasteiger partial charge in [-0.1, -0.05) is 0 Å². The van der Waals surface area contributed by atoms with E-state index in [0.29, 0.717) is 38.9 Å². The van der Waals surface area contributed by atoms with Gasteiger partial charge in [-0.05, 0) is 51.1 Å². The van der Waals surface area contributed by atoms with Gasteiger partial charge in [0.15, 0.2) is 0 Å². The second-order valence-corrected chi connectivity index (χ2v) is 12.6. The van der Waals surface area contributed by atoms with Crippen LogP contribution in [0.2, 0.25) is 0 Å². The zero-order valence-electron chi connectivity index (χ0n) is 25.2. The van der Waals surface area contributed by atoms with E-state index < -0.39 is 17.5 Å². The number of ether oxygens (including phenoxy) is 1. The van der Waals surface area contributed by atoms with Crippen LogP contribution in [-0.2, 0) is 18.3 Å². The minimum Gasteiger partial charge on any atom is -0.474 e. The average Bonchev–Trinajstić information content (AvgIpc) is 3.80. The van der Waals surface area contributed by atoms with Gasteiger partial charge in [0.1, 0.15) is 23.6 Å². The number of nitriles is 1. The minimum absolute atomic E-state index is 0.0398. The number of H-pyrrole nitrogens is 1. The van der Waals surface area contributed by atoms with Crippen LogP contribution in [0.3, 0.4) is 0 Å². The number of aliphatic hydroxyl groups is 1. The molecular formula is C31H35F3N10O2. The van der Waals surface area contributed by atoms with Crippen LogP contribution in [0.1, 0.15) is 56.5 Å². The Morgan fingerprint density at radius 3 is 2.72 bits per heavy atom. The van der Waals surface area contributed by atoms with E-state index in [1.165, 1.54) is 12.4 Å². The third-order valence-electron chi connectivity index (χ3n) is 9.63. The summed E-state index contributed by atoms with van der Waals surface area (Å²) in [6, 6.07) is 5.97. The van der Waals surface area contributed by atoms with E-state index in [4.69, 9.17) is 4.74 Å². The number of fused-ring (bicyclic) bond motifs is 1. The highest BCUT2D eigenvalue weighted by Crippen LogP contribution is 2.39. The van der Waals surface area contributed by atoms with E-state index in [1.807, 2.05) is 28.0 Å². The first-order valence-corrected chi connectivity index (χ1v) is 15.7. The Kier molecular flexibility index (Phi) is 8.12. The molecule has 2 saturated heterocycles. The van der Waals surface area contributed by atoms with Gasteiger partial charge in [-0.15, -0.1) is 0 Å². The highest BCUT2D eigenvalue weighted by Gasteiger charge is 2.48. The lowest BCUT2D eigenvalue weighted by Crippen LogP contribution is -2.65. The third kappa shape index (κ3) is 5.92.